The lowest BCUT2D eigenvalue weighted by Crippen LogP contribution is -2.43. The molecule has 1 saturated heterocycles. The van der Waals surface area contributed by atoms with Crippen LogP contribution >= 0.6 is 0 Å². The average Bonchev–Trinajstić information content (AvgIpc) is 2.69. The summed E-state index contributed by atoms with van der Waals surface area (Å²) in [6.45, 7) is 8.76. The molecule has 1 aliphatic rings. The summed E-state index contributed by atoms with van der Waals surface area (Å²) < 4.78 is 5.77. The molecule has 1 heterocycles. The van der Waals surface area contributed by atoms with Crippen LogP contribution in [0, 0.1) is 13.8 Å². The molecule has 0 spiro atoms. The van der Waals surface area contributed by atoms with Crippen molar-refractivity contribution in [1.82, 2.24) is 10.2 Å². The van der Waals surface area contributed by atoms with Crippen molar-refractivity contribution in [2.45, 2.75) is 20.4 Å². The van der Waals surface area contributed by atoms with E-state index in [-0.39, 0.29) is 12.5 Å². The number of carbonyl (C=O) groups is 1. The van der Waals surface area contributed by atoms with E-state index in [9.17, 15) is 4.79 Å². The van der Waals surface area contributed by atoms with E-state index in [4.69, 9.17) is 4.74 Å². The molecule has 0 unspecified atom stereocenters. The molecule has 1 amide bonds. The molecular formula is C22H29N3O2. The highest BCUT2D eigenvalue weighted by Crippen LogP contribution is 2.21. The van der Waals surface area contributed by atoms with Gasteiger partial charge in [0.2, 0.25) is 0 Å². The Morgan fingerprint density at radius 3 is 2.67 bits per heavy atom. The second kappa shape index (κ2) is 8.91. The summed E-state index contributed by atoms with van der Waals surface area (Å²) in [5.74, 6) is 0.710. The molecule has 2 aromatic rings. The summed E-state index contributed by atoms with van der Waals surface area (Å²) in [6.07, 6.45) is 0. The number of nitrogens with one attached hydrogen (secondary N) is 1. The molecule has 0 aliphatic carbocycles. The molecule has 144 valence electrons. The molecule has 1 N–H and O–H groups in total. The van der Waals surface area contributed by atoms with Gasteiger partial charge in [0, 0.05) is 51.5 Å². The van der Waals surface area contributed by atoms with Crippen LogP contribution in [0.5, 0.6) is 5.75 Å². The number of nitrogens with zero attached hydrogens (tertiary/aromatic N) is 2. The molecule has 2 aromatic carbocycles. The molecule has 0 radical (unpaired) electrons. The van der Waals surface area contributed by atoms with Gasteiger partial charge in [0.25, 0.3) is 5.91 Å². The highest BCUT2D eigenvalue weighted by molar-refractivity contribution is 5.77. The van der Waals surface area contributed by atoms with Gasteiger partial charge in [0.1, 0.15) is 5.75 Å². The maximum atomic E-state index is 12.5. The number of rotatable bonds is 6. The van der Waals surface area contributed by atoms with Crippen molar-refractivity contribution in [1.29, 1.82) is 0 Å². The van der Waals surface area contributed by atoms with E-state index >= 15 is 0 Å². The number of hydrogen-bond acceptors (Lipinski definition) is 4. The van der Waals surface area contributed by atoms with Gasteiger partial charge >= 0.3 is 0 Å². The molecule has 0 atom stereocenters. The van der Waals surface area contributed by atoms with Gasteiger partial charge in [-0.05, 0) is 37.1 Å². The Bertz CT molecular complexity index is 785. The Labute approximate surface area is 161 Å². The third-order valence-corrected chi connectivity index (χ3v) is 4.99. The molecule has 0 bridgehead atoms. The van der Waals surface area contributed by atoms with Crippen molar-refractivity contribution in [3.8, 4) is 5.75 Å². The maximum absolute atomic E-state index is 12.5. The van der Waals surface area contributed by atoms with Crippen LogP contribution in [0.4, 0.5) is 5.69 Å². The number of piperazine rings is 1. The third-order valence-electron chi connectivity index (χ3n) is 4.99. The molecule has 27 heavy (non-hydrogen) atoms. The summed E-state index contributed by atoms with van der Waals surface area (Å²) in [6, 6.07) is 14.3. The number of amides is 1. The van der Waals surface area contributed by atoms with Gasteiger partial charge in [0.05, 0.1) is 0 Å². The van der Waals surface area contributed by atoms with Gasteiger partial charge in [-0.1, -0.05) is 29.8 Å². The highest BCUT2D eigenvalue weighted by Gasteiger charge is 2.13. The zero-order valence-corrected chi connectivity index (χ0v) is 16.5. The Hall–Kier alpha value is -2.53. The van der Waals surface area contributed by atoms with Crippen LogP contribution in [0.1, 0.15) is 16.7 Å². The van der Waals surface area contributed by atoms with Gasteiger partial charge in [-0.25, -0.2) is 0 Å². The van der Waals surface area contributed by atoms with E-state index in [1.807, 2.05) is 25.2 Å². The van der Waals surface area contributed by atoms with E-state index in [1.54, 1.807) is 4.90 Å². The number of aryl methyl sites for hydroxylation is 2. The first-order valence-electron chi connectivity index (χ1n) is 9.51. The van der Waals surface area contributed by atoms with Crippen molar-refractivity contribution < 1.29 is 9.53 Å². The lowest BCUT2D eigenvalue weighted by molar-refractivity contribution is -0.132. The van der Waals surface area contributed by atoms with Gasteiger partial charge in [0.15, 0.2) is 6.61 Å². The summed E-state index contributed by atoms with van der Waals surface area (Å²) in [4.78, 5) is 16.5. The molecule has 5 heteroatoms. The van der Waals surface area contributed by atoms with Gasteiger partial charge in [-0.15, -0.1) is 0 Å². The fraction of sp³-hybridized carbons (Fsp3) is 0.409. The van der Waals surface area contributed by atoms with Crippen LogP contribution < -0.4 is 15.0 Å². The fourth-order valence-corrected chi connectivity index (χ4v) is 3.32. The van der Waals surface area contributed by atoms with Gasteiger partial charge in [-0.3, -0.25) is 4.79 Å². The van der Waals surface area contributed by atoms with E-state index in [1.165, 1.54) is 11.1 Å². The smallest absolute Gasteiger partial charge is 0.260 e. The van der Waals surface area contributed by atoms with Crippen LogP contribution in [0.15, 0.2) is 42.5 Å². The number of benzene rings is 2. The van der Waals surface area contributed by atoms with Crippen molar-refractivity contribution >= 4 is 11.6 Å². The first kappa shape index (κ1) is 19.2. The number of hydrogen-bond donors (Lipinski definition) is 1. The van der Waals surface area contributed by atoms with E-state index in [0.29, 0.717) is 6.54 Å². The molecule has 3 rings (SSSR count). The van der Waals surface area contributed by atoms with E-state index in [2.05, 4.69) is 48.3 Å². The Balaban J connectivity index is 1.55. The third kappa shape index (κ3) is 5.23. The lowest BCUT2D eigenvalue weighted by atomic mass is 10.1. The molecule has 1 fully saturated rings. The number of carbonyl (C=O) groups excluding carboxylic acids is 1. The molecule has 0 aromatic heterocycles. The van der Waals surface area contributed by atoms with E-state index in [0.717, 1.165) is 43.2 Å². The van der Waals surface area contributed by atoms with Crippen molar-refractivity contribution in [3.05, 3.63) is 59.2 Å². The molecule has 5 nitrogen and oxygen atoms in total. The van der Waals surface area contributed by atoms with Gasteiger partial charge in [-0.2, -0.15) is 0 Å². The number of likely N-dealkylation sites (N-methyl/N-ethyl adjacent to an activating group) is 1. The topological polar surface area (TPSA) is 44.8 Å². The van der Waals surface area contributed by atoms with Crippen molar-refractivity contribution in [2.75, 3.05) is 44.7 Å². The standard InChI is InChI=1S/C22H29N3O2/c1-17-7-8-19(18(2)13-17)15-24(3)22(26)16-27-21-6-4-5-20(14-21)25-11-9-23-10-12-25/h4-8,13-14,23H,9-12,15-16H2,1-3H3. The average molecular weight is 367 g/mol. The quantitative estimate of drug-likeness (QED) is 0.853. The second-order valence-corrected chi connectivity index (χ2v) is 7.20. The van der Waals surface area contributed by atoms with Crippen molar-refractivity contribution in [2.24, 2.45) is 0 Å². The van der Waals surface area contributed by atoms with Crippen LogP contribution in [-0.2, 0) is 11.3 Å². The van der Waals surface area contributed by atoms with Crippen molar-refractivity contribution in [3.63, 3.8) is 0 Å². The molecule has 0 saturated carbocycles. The minimum atomic E-state index is -0.0254. The lowest BCUT2D eigenvalue weighted by Gasteiger charge is -2.29. The van der Waals surface area contributed by atoms with Crippen LogP contribution in [0.2, 0.25) is 0 Å². The SMILES string of the molecule is Cc1ccc(CN(C)C(=O)COc2cccc(N3CCNCC3)c2)c(C)c1. The fourth-order valence-electron chi connectivity index (χ4n) is 3.32. The highest BCUT2D eigenvalue weighted by atomic mass is 16.5. The summed E-state index contributed by atoms with van der Waals surface area (Å²) in [7, 11) is 1.82. The first-order valence-corrected chi connectivity index (χ1v) is 9.51. The van der Waals surface area contributed by atoms with E-state index < -0.39 is 0 Å². The largest absolute Gasteiger partial charge is 0.484 e. The zero-order valence-electron chi connectivity index (χ0n) is 16.5. The Morgan fingerprint density at radius 1 is 1.15 bits per heavy atom. The predicted molar refractivity (Wildman–Crippen MR) is 109 cm³/mol. The summed E-state index contributed by atoms with van der Waals surface area (Å²) in [5.41, 5.74) is 4.75. The Morgan fingerprint density at radius 2 is 1.93 bits per heavy atom. The maximum Gasteiger partial charge on any atom is 0.260 e. The predicted octanol–water partition coefficient (Wildman–Crippen LogP) is 2.75. The summed E-state index contributed by atoms with van der Waals surface area (Å²) >= 11 is 0. The molecule has 1 aliphatic heterocycles. The summed E-state index contributed by atoms with van der Waals surface area (Å²) in [5, 5.41) is 3.36. The van der Waals surface area contributed by atoms with Crippen LogP contribution in [-0.4, -0.2) is 50.6 Å². The Kier molecular flexibility index (Phi) is 6.35. The monoisotopic (exact) mass is 367 g/mol. The van der Waals surface area contributed by atoms with Gasteiger partial charge < -0.3 is 19.9 Å². The second-order valence-electron chi connectivity index (χ2n) is 7.20. The zero-order chi connectivity index (χ0) is 19.2. The minimum Gasteiger partial charge on any atom is -0.484 e. The number of anilines is 1. The first-order chi connectivity index (χ1) is 13.0. The normalized spacial score (nSPS) is 14.1. The minimum absolute atomic E-state index is 0.0254. The molecular weight excluding hydrogens is 338 g/mol. The number of ether oxygens (including phenoxy) is 1. The van der Waals surface area contributed by atoms with Crippen LogP contribution in [0.3, 0.4) is 0 Å². The van der Waals surface area contributed by atoms with Crippen LogP contribution in [0.25, 0.3) is 0 Å².